The number of nitrogens with zero attached hydrogens (tertiary/aromatic N) is 1. The minimum absolute atomic E-state index is 0.0324. The topological polar surface area (TPSA) is 108 Å². The van der Waals surface area contributed by atoms with Crippen molar-refractivity contribution in [3.05, 3.63) is 12.2 Å². The molecule has 0 aromatic heterocycles. The van der Waals surface area contributed by atoms with Crippen molar-refractivity contribution in [1.29, 1.82) is 0 Å². The van der Waals surface area contributed by atoms with E-state index in [2.05, 4.69) is 26.0 Å². The number of likely N-dealkylation sites (N-methyl/N-ethyl adjacent to an activating group) is 1. The van der Waals surface area contributed by atoms with Crippen molar-refractivity contribution >= 4 is 19.8 Å². The van der Waals surface area contributed by atoms with Crippen LogP contribution in [0.2, 0.25) is 0 Å². The number of carbonyl (C=O) groups excluding carboxylic acids is 2. The van der Waals surface area contributed by atoms with Crippen molar-refractivity contribution in [2.24, 2.45) is 0 Å². The molecule has 0 amide bonds. The predicted molar refractivity (Wildman–Crippen MR) is 183 cm³/mol. The second kappa shape index (κ2) is 28.9. The average Bonchev–Trinajstić information content (AvgIpc) is 2.97. The Balaban J connectivity index is 4.48. The van der Waals surface area contributed by atoms with Crippen LogP contribution in [0.4, 0.5) is 0 Å². The Kier molecular flexibility index (Phi) is 28.1. The second-order valence-corrected chi connectivity index (χ2v) is 14.7. The quantitative estimate of drug-likeness (QED) is 0.0250. The van der Waals surface area contributed by atoms with Crippen LogP contribution >= 0.6 is 7.82 Å². The van der Waals surface area contributed by atoms with E-state index in [1.807, 2.05) is 21.1 Å². The molecule has 0 radical (unpaired) electrons. The summed E-state index contributed by atoms with van der Waals surface area (Å²) in [6.45, 7) is 4.32. The van der Waals surface area contributed by atoms with Crippen molar-refractivity contribution in [2.45, 2.75) is 155 Å². The zero-order valence-corrected chi connectivity index (χ0v) is 30.5. The van der Waals surface area contributed by atoms with Gasteiger partial charge in [-0.15, -0.1) is 0 Å². The van der Waals surface area contributed by atoms with Crippen LogP contribution in [0.3, 0.4) is 0 Å². The molecule has 0 aliphatic rings. The standard InChI is InChI=1S/C35H68NO8P/c1-6-8-10-12-14-16-18-20-21-23-25-27-34(37)41-31-33(32-43-45(39,40)42-30-29-36(3,4)5)44-35(38)28-26-24-22-19-17-15-13-11-9-7-2/h11,13,33H,6-10,12,14-32H2,1-5H3/p+1/b13-11-. The highest BCUT2D eigenvalue weighted by Gasteiger charge is 2.27. The first-order valence-corrected chi connectivity index (χ1v) is 19.4. The van der Waals surface area contributed by atoms with Crippen molar-refractivity contribution < 1.29 is 42.1 Å². The number of hydrogen-bond donors (Lipinski definition) is 1. The maximum Gasteiger partial charge on any atom is 0.472 e. The molecule has 2 atom stereocenters. The van der Waals surface area contributed by atoms with Crippen LogP contribution in [0, 0.1) is 0 Å². The Morgan fingerprint density at radius 2 is 1.18 bits per heavy atom. The van der Waals surface area contributed by atoms with Gasteiger partial charge in [0.1, 0.15) is 19.8 Å². The number of quaternary nitrogens is 1. The fraction of sp³-hybridized carbons (Fsp3) is 0.886. The highest BCUT2D eigenvalue weighted by molar-refractivity contribution is 7.47. The number of carbonyl (C=O) groups is 2. The lowest BCUT2D eigenvalue weighted by atomic mass is 10.1. The van der Waals surface area contributed by atoms with Gasteiger partial charge >= 0.3 is 19.8 Å². The van der Waals surface area contributed by atoms with Crippen molar-refractivity contribution in [2.75, 3.05) is 47.5 Å². The number of hydrogen-bond acceptors (Lipinski definition) is 7. The van der Waals surface area contributed by atoms with Crippen LogP contribution in [-0.2, 0) is 32.7 Å². The molecule has 45 heavy (non-hydrogen) atoms. The summed E-state index contributed by atoms with van der Waals surface area (Å²) in [6.07, 6.45) is 25.5. The van der Waals surface area contributed by atoms with Gasteiger partial charge in [-0.05, 0) is 32.1 Å². The molecule has 2 unspecified atom stereocenters. The Hall–Kier alpha value is -1.25. The zero-order valence-electron chi connectivity index (χ0n) is 29.6. The second-order valence-electron chi connectivity index (χ2n) is 13.3. The molecule has 0 aromatic rings. The molecule has 0 aromatic carbocycles. The lowest BCUT2D eigenvalue weighted by Gasteiger charge is -2.24. The van der Waals surface area contributed by atoms with E-state index in [-0.39, 0.29) is 25.6 Å². The van der Waals surface area contributed by atoms with E-state index in [1.54, 1.807) is 0 Å². The molecule has 0 saturated carbocycles. The first-order valence-electron chi connectivity index (χ1n) is 17.9. The summed E-state index contributed by atoms with van der Waals surface area (Å²) in [5.74, 6) is -0.811. The summed E-state index contributed by atoms with van der Waals surface area (Å²) in [4.78, 5) is 35.0. The van der Waals surface area contributed by atoms with Gasteiger partial charge < -0.3 is 18.9 Å². The molecule has 9 nitrogen and oxygen atoms in total. The minimum atomic E-state index is -4.36. The Labute approximate surface area is 276 Å². The van der Waals surface area contributed by atoms with Crippen LogP contribution in [0.5, 0.6) is 0 Å². The number of phosphoric acid groups is 1. The highest BCUT2D eigenvalue weighted by Crippen LogP contribution is 2.43. The van der Waals surface area contributed by atoms with Crippen LogP contribution in [-0.4, -0.2) is 74.9 Å². The summed E-state index contributed by atoms with van der Waals surface area (Å²) >= 11 is 0. The van der Waals surface area contributed by atoms with Gasteiger partial charge in [-0.25, -0.2) is 4.57 Å². The lowest BCUT2D eigenvalue weighted by Crippen LogP contribution is -2.37. The Morgan fingerprint density at radius 3 is 1.73 bits per heavy atom. The van der Waals surface area contributed by atoms with E-state index in [0.29, 0.717) is 23.9 Å². The molecular formula is C35H69NO8P+. The molecule has 0 aliphatic carbocycles. The predicted octanol–water partition coefficient (Wildman–Crippen LogP) is 9.07. The maximum atomic E-state index is 12.5. The van der Waals surface area contributed by atoms with Crippen molar-refractivity contribution in [3.8, 4) is 0 Å². The van der Waals surface area contributed by atoms with Gasteiger partial charge in [-0.2, -0.15) is 0 Å². The third kappa shape index (κ3) is 32.5. The molecule has 0 aliphatic heterocycles. The van der Waals surface area contributed by atoms with Crippen LogP contribution < -0.4 is 0 Å². The Morgan fingerprint density at radius 1 is 0.667 bits per heavy atom. The SMILES string of the molecule is CCC/C=C\CCCCCCCC(=O)OC(COC(=O)CCCCCCCCCCCCC)COP(=O)(O)OCC[N+](C)(C)C. The van der Waals surface area contributed by atoms with Crippen molar-refractivity contribution in [3.63, 3.8) is 0 Å². The molecule has 1 N–H and O–H groups in total. The number of esters is 2. The first kappa shape index (κ1) is 43.8. The maximum absolute atomic E-state index is 12.5. The van der Waals surface area contributed by atoms with Gasteiger partial charge in [0.15, 0.2) is 6.10 Å². The van der Waals surface area contributed by atoms with E-state index in [9.17, 15) is 19.0 Å². The number of unbranched alkanes of at least 4 members (excludes halogenated alkanes) is 16. The third-order valence-electron chi connectivity index (χ3n) is 7.53. The molecule has 10 heteroatoms. The van der Waals surface area contributed by atoms with Crippen molar-refractivity contribution in [1.82, 2.24) is 0 Å². The van der Waals surface area contributed by atoms with Gasteiger partial charge in [0, 0.05) is 12.8 Å². The fourth-order valence-corrected chi connectivity index (χ4v) is 5.40. The molecule has 0 heterocycles. The summed E-state index contributed by atoms with van der Waals surface area (Å²) in [5.41, 5.74) is 0. The molecule has 0 saturated heterocycles. The summed E-state index contributed by atoms with van der Waals surface area (Å²) < 4.78 is 34.0. The van der Waals surface area contributed by atoms with E-state index in [0.717, 1.165) is 57.8 Å². The van der Waals surface area contributed by atoms with Gasteiger partial charge in [-0.3, -0.25) is 18.6 Å². The molecule has 0 rings (SSSR count). The van der Waals surface area contributed by atoms with E-state index in [1.165, 1.54) is 57.8 Å². The van der Waals surface area contributed by atoms with Gasteiger partial charge in [0.25, 0.3) is 0 Å². The number of phosphoric ester groups is 1. The lowest BCUT2D eigenvalue weighted by molar-refractivity contribution is -0.870. The van der Waals surface area contributed by atoms with E-state index >= 15 is 0 Å². The monoisotopic (exact) mass is 662 g/mol. The summed E-state index contributed by atoms with van der Waals surface area (Å²) in [7, 11) is 1.47. The normalized spacial score (nSPS) is 14.0. The molecule has 0 bridgehead atoms. The van der Waals surface area contributed by atoms with Crippen LogP contribution in [0.15, 0.2) is 12.2 Å². The summed E-state index contributed by atoms with van der Waals surface area (Å²) in [6, 6.07) is 0. The summed E-state index contributed by atoms with van der Waals surface area (Å²) in [5, 5.41) is 0. The Bertz CT molecular complexity index is 799. The fourth-order valence-electron chi connectivity index (χ4n) is 4.66. The molecule has 266 valence electrons. The van der Waals surface area contributed by atoms with Gasteiger partial charge in [0.2, 0.25) is 0 Å². The van der Waals surface area contributed by atoms with E-state index < -0.39 is 26.5 Å². The van der Waals surface area contributed by atoms with Gasteiger partial charge in [0.05, 0.1) is 27.7 Å². The zero-order chi connectivity index (χ0) is 33.7. The molecule has 0 spiro atoms. The highest BCUT2D eigenvalue weighted by atomic mass is 31.2. The van der Waals surface area contributed by atoms with E-state index in [4.69, 9.17) is 18.5 Å². The third-order valence-corrected chi connectivity index (χ3v) is 8.51. The van der Waals surface area contributed by atoms with Gasteiger partial charge in [-0.1, -0.05) is 116 Å². The number of rotatable bonds is 32. The first-order chi connectivity index (χ1) is 21.5. The largest absolute Gasteiger partial charge is 0.472 e. The number of ether oxygens (including phenoxy) is 2. The average molecular weight is 663 g/mol. The minimum Gasteiger partial charge on any atom is -0.462 e. The van der Waals surface area contributed by atoms with Crippen LogP contribution in [0.25, 0.3) is 0 Å². The van der Waals surface area contributed by atoms with Crippen LogP contribution in [0.1, 0.15) is 149 Å². The molecule has 0 fully saturated rings. The smallest absolute Gasteiger partial charge is 0.462 e. The number of allylic oxidation sites excluding steroid dienone is 2. The molecular weight excluding hydrogens is 593 g/mol.